The molecule has 4 nitrogen and oxygen atoms in total. The molecule has 0 fully saturated rings. The molecule has 0 aliphatic heterocycles. The van der Waals surface area contributed by atoms with Gasteiger partial charge in [-0.25, -0.2) is 4.98 Å². The number of benzene rings is 1. The number of nitrogens with zero attached hydrogens (tertiary/aromatic N) is 2. The largest absolute Gasteiger partial charge is 0.416 e. The zero-order valence-electron chi connectivity index (χ0n) is 12.1. The number of alkyl halides is 3. The Bertz CT molecular complexity index is 647. The Balaban J connectivity index is 2.33. The van der Waals surface area contributed by atoms with Gasteiger partial charge in [-0.15, -0.1) is 0 Å². The Morgan fingerprint density at radius 3 is 2.52 bits per heavy atom. The highest BCUT2D eigenvalue weighted by molar-refractivity contribution is 5.77. The van der Waals surface area contributed by atoms with Crippen molar-refractivity contribution < 1.29 is 18.3 Å². The molecular weight excluding hydrogens is 283 g/mol. The Morgan fingerprint density at radius 2 is 1.95 bits per heavy atom. The molecule has 0 radical (unpaired) electrons. The highest BCUT2D eigenvalue weighted by Crippen LogP contribution is 2.31. The molecule has 0 unspecified atom stereocenters. The topological polar surface area (TPSA) is 50.1 Å². The third-order valence-electron chi connectivity index (χ3n) is 3.42. The van der Waals surface area contributed by atoms with E-state index >= 15 is 0 Å². The Hall–Kier alpha value is -1.60. The van der Waals surface area contributed by atoms with Crippen molar-refractivity contribution in [2.45, 2.75) is 32.1 Å². The molecule has 0 amide bonds. The maximum Gasteiger partial charge on any atom is 0.416 e. The van der Waals surface area contributed by atoms with Crippen molar-refractivity contribution in [2.75, 3.05) is 6.61 Å². The van der Waals surface area contributed by atoms with E-state index in [-0.39, 0.29) is 6.61 Å². The smallest absolute Gasteiger partial charge is 0.394 e. The van der Waals surface area contributed by atoms with Gasteiger partial charge >= 0.3 is 6.18 Å². The first-order valence-corrected chi connectivity index (χ1v) is 6.52. The summed E-state index contributed by atoms with van der Waals surface area (Å²) in [5, 5.41) is 12.3. The first-order valence-electron chi connectivity index (χ1n) is 6.52. The van der Waals surface area contributed by atoms with Crippen LogP contribution in [0.4, 0.5) is 13.2 Å². The molecule has 2 aromatic rings. The molecule has 21 heavy (non-hydrogen) atoms. The monoisotopic (exact) mass is 301 g/mol. The van der Waals surface area contributed by atoms with E-state index in [2.05, 4.69) is 10.3 Å². The van der Waals surface area contributed by atoms with Gasteiger partial charge in [-0.2, -0.15) is 13.2 Å². The molecule has 2 N–H and O–H groups in total. The van der Waals surface area contributed by atoms with E-state index in [1.165, 1.54) is 6.07 Å². The highest BCUT2D eigenvalue weighted by Gasteiger charge is 2.31. The molecule has 1 aromatic heterocycles. The minimum atomic E-state index is -4.37. The predicted molar refractivity (Wildman–Crippen MR) is 73.7 cm³/mol. The highest BCUT2D eigenvalue weighted by atomic mass is 19.4. The number of fused-ring (bicyclic) bond motifs is 1. The zero-order valence-corrected chi connectivity index (χ0v) is 12.1. The molecule has 0 aliphatic rings. The fraction of sp³-hybridized carbons (Fsp3) is 0.500. The second kappa shape index (κ2) is 5.31. The number of aromatic nitrogens is 2. The first kappa shape index (κ1) is 15.8. The van der Waals surface area contributed by atoms with E-state index < -0.39 is 17.3 Å². The Kier molecular flexibility index (Phi) is 3.99. The molecule has 0 atom stereocenters. The lowest BCUT2D eigenvalue weighted by Crippen LogP contribution is -2.42. The lowest BCUT2D eigenvalue weighted by Gasteiger charge is -2.23. The fourth-order valence-corrected chi connectivity index (χ4v) is 1.96. The number of hydrogen-bond acceptors (Lipinski definition) is 3. The number of imidazole rings is 1. The van der Waals surface area contributed by atoms with Crippen LogP contribution < -0.4 is 5.32 Å². The molecule has 0 aliphatic carbocycles. The van der Waals surface area contributed by atoms with Crippen molar-refractivity contribution in [1.29, 1.82) is 0 Å². The van der Waals surface area contributed by atoms with Crippen LogP contribution in [0.25, 0.3) is 11.0 Å². The van der Waals surface area contributed by atoms with Gasteiger partial charge in [0.15, 0.2) is 0 Å². The third-order valence-corrected chi connectivity index (χ3v) is 3.42. The number of nitrogens with one attached hydrogen (secondary N) is 1. The van der Waals surface area contributed by atoms with Crippen LogP contribution in [0.15, 0.2) is 18.2 Å². The number of hydrogen-bond donors (Lipinski definition) is 2. The number of aliphatic hydroxyl groups excluding tert-OH is 1. The third kappa shape index (κ3) is 3.36. The van der Waals surface area contributed by atoms with Crippen LogP contribution >= 0.6 is 0 Å². The molecule has 2 rings (SSSR count). The van der Waals surface area contributed by atoms with Crippen molar-refractivity contribution >= 4 is 11.0 Å². The van der Waals surface area contributed by atoms with Crippen molar-refractivity contribution in [3.8, 4) is 0 Å². The number of rotatable bonds is 4. The molecule has 0 saturated heterocycles. The van der Waals surface area contributed by atoms with Gasteiger partial charge < -0.3 is 15.0 Å². The van der Waals surface area contributed by atoms with Gasteiger partial charge in [-0.3, -0.25) is 0 Å². The summed E-state index contributed by atoms with van der Waals surface area (Å²) >= 11 is 0. The van der Waals surface area contributed by atoms with Gasteiger partial charge in [-0.05, 0) is 32.0 Å². The van der Waals surface area contributed by atoms with Crippen molar-refractivity contribution in [1.82, 2.24) is 14.9 Å². The van der Waals surface area contributed by atoms with Gasteiger partial charge in [0.1, 0.15) is 5.82 Å². The van der Waals surface area contributed by atoms with E-state index in [0.717, 1.165) is 12.1 Å². The fourth-order valence-electron chi connectivity index (χ4n) is 1.96. The quantitative estimate of drug-likeness (QED) is 0.912. The van der Waals surface area contributed by atoms with Crippen LogP contribution in [0.1, 0.15) is 25.2 Å². The summed E-state index contributed by atoms with van der Waals surface area (Å²) in [6.45, 7) is 3.98. The van der Waals surface area contributed by atoms with Crippen LogP contribution in [-0.2, 0) is 19.8 Å². The van der Waals surface area contributed by atoms with Gasteiger partial charge in [0, 0.05) is 12.6 Å². The van der Waals surface area contributed by atoms with Gasteiger partial charge in [-0.1, -0.05) is 0 Å². The van der Waals surface area contributed by atoms with Crippen molar-refractivity contribution in [3.05, 3.63) is 29.6 Å². The van der Waals surface area contributed by atoms with E-state index in [1.807, 2.05) is 13.8 Å². The van der Waals surface area contributed by atoms with Crippen LogP contribution in [0.2, 0.25) is 0 Å². The average molecular weight is 301 g/mol. The zero-order chi connectivity index (χ0) is 15.8. The maximum absolute atomic E-state index is 12.7. The predicted octanol–water partition coefficient (Wildman–Crippen LogP) is 2.45. The van der Waals surface area contributed by atoms with Crippen LogP contribution in [0.3, 0.4) is 0 Å². The van der Waals surface area contributed by atoms with Crippen LogP contribution in [-0.4, -0.2) is 26.8 Å². The minimum Gasteiger partial charge on any atom is -0.394 e. The molecule has 0 saturated carbocycles. The summed E-state index contributed by atoms with van der Waals surface area (Å²) in [6, 6.07) is 3.53. The Labute approximate surface area is 120 Å². The molecule has 116 valence electrons. The summed E-state index contributed by atoms with van der Waals surface area (Å²) in [7, 11) is 1.76. The lowest BCUT2D eigenvalue weighted by atomic mass is 10.1. The summed E-state index contributed by atoms with van der Waals surface area (Å²) in [4.78, 5) is 4.24. The molecule has 1 heterocycles. The first-order chi connectivity index (χ1) is 9.64. The van der Waals surface area contributed by atoms with Crippen LogP contribution in [0, 0.1) is 0 Å². The van der Waals surface area contributed by atoms with Crippen LogP contribution in [0.5, 0.6) is 0 Å². The Morgan fingerprint density at radius 1 is 1.29 bits per heavy atom. The normalized spacial score (nSPS) is 13.1. The average Bonchev–Trinajstić information content (AvgIpc) is 2.72. The number of aryl methyl sites for hydroxylation is 1. The minimum absolute atomic E-state index is 0.0465. The maximum atomic E-state index is 12.7. The lowest BCUT2D eigenvalue weighted by molar-refractivity contribution is -0.137. The standard InChI is InChI=1S/C14H18F3N3O/c1-13(2,8-21)18-7-12-19-10-6-9(14(15,16)17)4-5-11(10)20(12)3/h4-6,18,21H,7-8H2,1-3H3. The van der Waals surface area contributed by atoms with Gasteiger partial charge in [0.25, 0.3) is 0 Å². The summed E-state index contributed by atoms with van der Waals surface area (Å²) in [6.07, 6.45) is -4.37. The SMILES string of the molecule is Cn1c(CNC(C)(C)CO)nc2cc(C(F)(F)F)ccc21. The second-order valence-corrected chi connectivity index (χ2v) is 5.68. The molecule has 0 bridgehead atoms. The van der Waals surface area contributed by atoms with Gasteiger partial charge in [0.05, 0.1) is 29.7 Å². The summed E-state index contributed by atoms with van der Waals surface area (Å²) in [5.74, 6) is 0.617. The van der Waals surface area contributed by atoms with E-state index in [1.54, 1.807) is 11.6 Å². The van der Waals surface area contributed by atoms with Crippen molar-refractivity contribution in [2.24, 2.45) is 7.05 Å². The van der Waals surface area contributed by atoms with E-state index in [0.29, 0.717) is 23.4 Å². The molecular formula is C14H18F3N3O. The molecule has 7 heteroatoms. The summed E-state index contributed by atoms with van der Waals surface area (Å²) < 4.78 is 39.8. The van der Waals surface area contributed by atoms with Gasteiger partial charge in [0.2, 0.25) is 0 Å². The van der Waals surface area contributed by atoms with E-state index in [4.69, 9.17) is 0 Å². The van der Waals surface area contributed by atoms with E-state index in [9.17, 15) is 18.3 Å². The number of aliphatic hydroxyl groups is 1. The second-order valence-electron chi connectivity index (χ2n) is 5.68. The molecule has 0 spiro atoms. The number of halogens is 3. The summed E-state index contributed by atoms with van der Waals surface area (Å²) in [5.41, 5.74) is -0.231. The van der Waals surface area contributed by atoms with Crippen molar-refractivity contribution in [3.63, 3.8) is 0 Å². The molecule has 1 aromatic carbocycles.